The summed E-state index contributed by atoms with van der Waals surface area (Å²) in [7, 11) is 1.75. The van der Waals surface area contributed by atoms with Crippen molar-refractivity contribution in [3.8, 4) is 5.75 Å². The quantitative estimate of drug-likeness (QED) is 0.777. The van der Waals surface area contributed by atoms with Crippen molar-refractivity contribution in [1.29, 1.82) is 0 Å². The SMILES string of the molecule is COc1ccc(Br)c(CC(CNC2CC2)C2CCCC2)c1. The van der Waals surface area contributed by atoms with Gasteiger partial charge in [-0.25, -0.2) is 0 Å². The minimum atomic E-state index is 0.761. The lowest BCUT2D eigenvalue weighted by molar-refractivity contribution is 0.319. The van der Waals surface area contributed by atoms with Crippen molar-refractivity contribution in [1.82, 2.24) is 5.32 Å². The third-order valence-corrected chi connectivity index (χ3v) is 5.82. The number of ether oxygens (including phenoxy) is 1. The van der Waals surface area contributed by atoms with E-state index in [4.69, 9.17) is 4.74 Å². The zero-order valence-electron chi connectivity index (χ0n) is 12.9. The predicted molar refractivity (Wildman–Crippen MR) is 90.9 cm³/mol. The molecule has 0 radical (unpaired) electrons. The van der Waals surface area contributed by atoms with Gasteiger partial charge >= 0.3 is 0 Å². The van der Waals surface area contributed by atoms with Gasteiger partial charge in [0.2, 0.25) is 0 Å². The topological polar surface area (TPSA) is 21.3 Å². The Morgan fingerprint density at radius 2 is 2.00 bits per heavy atom. The maximum atomic E-state index is 5.39. The van der Waals surface area contributed by atoms with E-state index in [0.29, 0.717) is 0 Å². The maximum absolute atomic E-state index is 5.39. The molecule has 0 saturated heterocycles. The molecule has 3 heteroatoms. The highest BCUT2D eigenvalue weighted by Crippen LogP contribution is 2.35. The fourth-order valence-electron chi connectivity index (χ4n) is 3.56. The highest BCUT2D eigenvalue weighted by Gasteiger charge is 2.28. The minimum Gasteiger partial charge on any atom is -0.497 e. The first-order valence-electron chi connectivity index (χ1n) is 8.32. The Morgan fingerprint density at radius 1 is 1.24 bits per heavy atom. The van der Waals surface area contributed by atoms with Gasteiger partial charge in [-0.2, -0.15) is 0 Å². The average molecular weight is 352 g/mol. The average Bonchev–Trinajstić information content (AvgIpc) is 3.17. The molecule has 1 unspecified atom stereocenters. The molecule has 2 aliphatic rings. The van der Waals surface area contributed by atoms with Crippen LogP contribution in [-0.4, -0.2) is 19.7 Å². The summed E-state index contributed by atoms with van der Waals surface area (Å²) < 4.78 is 6.61. The number of hydrogen-bond acceptors (Lipinski definition) is 2. The van der Waals surface area contributed by atoms with Crippen molar-refractivity contribution in [2.75, 3.05) is 13.7 Å². The van der Waals surface area contributed by atoms with Crippen molar-refractivity contribution in [3.05, 3.63) is 28.2 Å². The molecule has 1 atom stereocenters. The van der Waals surface area contributed by atoms with Gasteiger partial charge in [0, 0.05) is 10.5 Å². The molecule has 116 valence electrons. The zero-order valence-corrected chi connectivity index (χ0v) is 14.5. The van der Waals surface area contributed by atoms with Gasteiger partial charge in [0.15, 0.2) is 0 Å². The number of rotatable bonds is 7. The monoisotopic (exact) mass is 351 g/mol. The molecular formula is C18H26BrNO. The fourth-order valence-corrected chi connectivity index (χ4v) is 3.97. The molecule has 2 aliphatic carbocycles. The third-order valence-electron chi connectivity index (χ3n) is 5.05. The van der Waals surface area contributed by atoms with E-state index >= 15 is 0 Å². The summed E-state index contributed by atoms with van der Waals surface area (Å²) in [5, 5.41) is 3.76. The summed E-state index contributed by atoms with van der Waals surface area (Å²) in [4.78, 5) is 0. The lowest BCUT2D eigenvalue weighted by atomic mass is 9.85. The summed E-state index contributed by atoms with van der Waals surface area (Å²) in [5.74, 6) is 2.62. The molecule has 0 spiro atoms. The van der Waals surface area contributed by atoms with E-state index in [9.17, 15) is 0 Å². The molecule has 0 aliphatic heterocycles. The van der Waals surface area contributed by atoms with Crippen molar-refractivity contribution in [2.24, 2.45) is 11.8 Å². The predicted octanol–water partition coefficient (Wildman–Crippen LogP) is 4.56. The summed E-state index contributed by atoms with van der Waals surface area (Å²) >= 11 is 3.71. The van der Waals surface area contributed by atoms with E-state index in [-0.39, 0.29) is 0 Å². The van der Waals surface area contributed by atoms with Gasteiger partial charge in [0.05, 0.1) is 7.11 Å². The van der Waals surface area contributed by atoms with Gasteiger partial charge in [-0.05, 0) is 61.4 Å². The van der Waals surface area contributed by atoms with Crippen molar-refractivity contribution < 1.29 is 4.74 Å². The first-order chi connectivity index (χ1) is 10.3. The second kappa shape index (κ2) is 7.15. The Bertz CT molecular complexity index is 466. The molecule has 0 amide bonds. The number of nitrogens with one attached hydrogen (secondary N) is 1. The van der Waals surface area contributed by atoms with Crippen LogP contribution >= 0.6 is 15.9 Å². The van der Waals surface area contributed by atoms with Crippen LogP contribution in [-0.2, 0) is 6.42 Å². The highest BCUT2D eigenvalue weighted by atomic mass is 79.9. The van der Waals surface area contributed by atoms with Crippen molar-refractivity contribution >= 4 is 15.9 Å². The fraction of sp³-hybridized carbons (Fsp3) is 0.667. The lowest BCUT2D eigenvalue weighted by Gasteiger charge is -2.25. The highest BCUT2D eigenvalue weighted by molar-refractivity contribution is 9.10. The molecule has 3 rings (SSSR count). The number of halogens is 1. The molecule has 21 heavy (non-hydrogen) atoms. The largest absolute Gasteiger partial charge is 0.497 e. The second-order valence-corrected chi connectivity index (χ2v) is 7.50. The zero-order chi connectivity index (χ0) is 14.7. The Balaban J connectivity index is 1.69. The molecule has 2 fully saturated rings. The van der Waals surface area contributed by atoms with E-state index in [1.54, 1.807) is 7.11 Å². The van der Waals surface area contributed by atoms with Gasteiger partial charge in [-0.15, -0.1) is 0 Å². The van der Waals surface area contributed by atoms with Crippen LogP contribution in [0.5, 0.6) is 5.75 Å². The van der Waals surface area contributed by atoms with Crippen LogP contribution in [0.3, 0.4) is 0 Å². The summed E-state index contributed by atoms with van der Waals surface area (Å²) in [5.41, 5.74) is 1.39. The van der Waals surface area contributed by atoms with Crippen LogP contribution in [0.1, 0.15) is 44.1 Å². The van der Waals surface area contributed by atoms with E-state index in [1.165, 1.54) is 55.1 Å². The van der Waals surface area contributed by atoms with E-state index in [1.807, 2.05) is 6.07 Å². The minimum absolute atomic E-state index is 0.761. The molecule has 1 N–H and O–H groups in total. The van der Waals surface area contributed by atoms with E-state index in [0.717, 1.165) is 30.0 Å². The molecule has 1 aromatic rings. The normalized spacial score (nSPS) is 20.7. The smallest absolute Gasteiger partial charge is 0.119 e. The van der Waals surface area contributed by atoms with Crippen LogP contribution in [0.25, 0.3) is 0 Å². The van der Waals surface area contributed by atoms with Gasteiger partial charge in [0.1, 0.15) is 5.75 Å². The first-order valence-corrected chi connectivity index (χ1v) is 9.11. The molecule has 0 bridgehead atoms. The molecular weight excluding hydrogens is 326 g/mol. The third kappa shape index (κ3) is 4.23. The Labute approximate surface area is 136 Å². The van der Waals surface area contributed by atoms with E-state index < -0.39 is 0 Å². The summed E-state index contributed by atoms with van der Waals surface area (Å²) in [6, 6.07) is 7.15. The van der Waals surface area contributed by atoms with Gasteiger partial charge in [-0.3, -0.25) is 0 Å². The lowest BCUT2D eigenvalue weighted by Crippen LogP contribution is -2.30. The van der Waals surface area contributed by atoms with Crippen LogP contribution < -0.4 is 10.1 Å². The van der Waals surface area contributed by atoms with Gasteiger partial charge in [0.25, 0.3) is 0 Å². The van der Waals surface area contributed by atoms with Crippen molar-refractivity contribution in [2.45, 2.75) is 51.0 Å². The standard InChI is InChI=1S/C18H26BrNO/c1-21-17-8-9-18(19)14(11-17)10-15(12-20-16-6-7-16)13-4-2-3-5-13/h8-9,11,13,15-16,20H,2-7,10,12H2,1H3. The Kier molecular flexibility index (Phi) is 5.23. The van der Waals surface area contributed by atoms with E-state index in [2.05, 4.69) is 33.4 Å². The molecule has 0 heterocycles. The van der Waals surface area contributed by atoms with Crippen molar-refractivity contribution in [3.63, 3.8) is 0 Å². The summed E-state index contributed by atoms with van der Waals surface area (Å²) in [6.07, 6.45) is 9.58. The molecule has 1 aromatic carbocycles. The number of benzene rings is 1. The second-order valence-electron chi connectivity index (χ2n) is 6.65. The van der Waals surface area contributed by atoms with Gasteiger partial charge in [-0.1, -0.05) is 41.6 Å². The van der Waals surface area contributed by atoms with Gasteiger partial charge < -0.3 is 10.1 Å². The molecule has 0 aromatic heterocycles. The Hall–Kier alpha value is -0.540. The number of hydrogen-bond donors (Lipinski definition) is 1. The molecule has 2 saturated carbocycles. The van der Waals surface area contributed by atoms with Crippen LogP contribution in [0.4, 0.5) is 0 Å². The Morgan fingerprint density at radius 3 is 2.67 bits per heavy atom. The first kappa shape index (κ1) is 15.4. The summed E-state index contributed by atoms with van der Waals surface area (Å²) in [6.45, 7) is 1.18. The van der Waals surface area contributed by atoms with Crippen LogP contribution in [0.15, 0.2) is 22.7 Å². The van der Waals surface area contributed by atoms with Crippen LogP contribution in [0.2, 0.25) is 0 Å². The maximum Gasteiger partial charge on any atom is 0.119 e. The van der Waals surface area contributed by atoms with Crippen LogP contribution in [0, 0.1) is 11.8 Å². The number of methoxy groups -OCH3 is 1. The molecule has 2 nitrogen and oxygen atoms in total.